The van der Waals surface area contributed by atoms with Gasteiger partial charge in [-0.05, 0) is 97.2 Å². The van der Waals surface area contributed by atoms with Crippen LogP contribution in [0.2, 0.25) is 0 Å². The Hall–Kier alpha value is -4.40. The van der Waals surface area contributed by atoms with Crippen LogP contribution in [0.4, 0.5) is 0 Å². The Bertz CT molecular complexity index is 2310. The Balaban J connectivity index is 1.48. The fourth-order valence-corrected chi connectivity index (χ4v) is 7.94. The molecule has 2 heterocycles. The van der Waals surface area contributed by atoms with Crippen molar-refractivity contribution in [2.24, 2.45) is 0 Å². The summed E-state index contributed by atoms with van der Waals surface area (Å²) in [7, 11) is 0. The lowest BCUT2D eigenvalue weighted by Gasteiger charge is -2.22. The Morgan fingerprint density at radius 2 is 1.31 bits per heavy atom. The Kier molecular flexibility index (Phi) is 4.07. The Morgan fingerprint density at radius 3 is 2.23 bits per heavy atom. The highest BCUT2D eigenvalue weighted by molar-refractivity contribution is 7.17. The first-order chi connectivity index (χ1) is 19.1. The normalized spacial score (nSPS) is 14.1. The molecule has 0 spiro atoms. The monoisotopic (exact) mass is 516 g/mol. The molecule has 1 nitrogen and oxygen atoms in total. The number of furan rings is 1. The molecule has 0 fully saturated rings. The molecule has 2 heteroatoms. The summed E-state index contributed by atoms with van der Waals surface area (Å²) in [5.41, 5.74) is 9.95. The molecule has 0 amide bonds. The highest BCUT2D eigenvalue weighted by Crippen LogP contribution is 2.52. The number of rotatable bonds is 1. The molecule has 1 aliphatic carbocycles. The van der Waals surface area contributed by atoms with Crippen LogP contribution in [0.1, 0.15) is 25.0 Å². The maximum atomic E-state index is 6.32. The van der Waals surface area contributed by atoms with Crippen LogP contribution < -0.4 is 0 Å². The van der Waals surface area contributed by atoms with Crippen LogP contribution in [0.5, 0.6) is 0 Å². The predicted octanol–water partition coefficient (Wildman–Crippen LogP) is 11.1. The van der Waals surface area contributed by atoms with Crippen molar-refractivity contribution in [1.29, 1.82) is 0 Å². The molecule has 0 saturated heterocycles. The lowest BCUT2D eigenvalue weighted by Crippen LogP contribution is -2.14. The molecular formula is C37H24OS. The van der Waals surface area contributed by atoms with Crippen LogP contribution in [-0.2, 0) is 5.41 Å². The summed E-state index contributed by atoms with van der Waals surface area (Å²) in [6.07, 6.45) is 0. The molecule has 0 atom stereocenters. The maximum absolute atomic E-state index is 6.32. The van der Waals surface area contributed by atoms with Crippen molar-refractivity contribution >= 4 is 64.9 Å². The fraction of sp³-hybridized carbons (Fsp3) is 0.0811. The van der Waals surface area contributed by atoms with Gasteiger partial charge in [-0.25, -0.2) is 0 Å². The van der Waals surface area contributed by atoms with Gasteiger partial charge in [-0.2, -0.15) is 0 Å². The summed E-state index contributed by atoms with van der Waals surface area (Å²) in [6.45, 7) is 4.73. The minimum Gasteiger partial charge on any atom is -0.456 e. The smallest absolute Gasteiger partial charge is 0.136 e. The largest absolute Gasteiger partial charge is 0.456 e. The van der Waals surface area contributed by atoms with Crippen molar-refractivity contribution in [3.05, 3.63) is 120 Å². The molecule has 6 aromatic carbocycles. The van der Waals surface area contributed by atoms with Crippen molar-refractivity contribution in [3.8, 4) is 22.3 Å². The van der Waals surface area contributed by atoms with E-state index in [2.05, 4.69) is 116 Å². The van der Waals surface area contributed by atoms with Crippen LogP contribution in [0.15, 0.2) is 113 Å². The van der Waals surface area contributed by atoms with E-state index in [0.29, 0.717) is 0 Å². The lowest BCUT2D eigenvalue weighted by molar-refractivity contribution is 0.661. The maximum Gasteiger partial charge on any atom is 0.136 e. The van der Waals surface area contributed by atoms with Gasteiger partial charge in [-0.1, -0.05) is 74.5 Å². The van der Waals surface area contributed by atoms with Crippen LogP contribution in [0.25, 0.3) is 75.8 Å². The molecule has 184 valence electrons. The molecule has 8 aromatic rings. The van der Waals surface area contributed by atoms with Crippen molar-refractivity contribution in [3.63, 3.8) is 0 Å². The number of para-hydroxylation sites is 1. The van der Waals surface area contributed by atoms with Crippen molar-refractivity contribution in [1.82, 2.24) is 0 Å². The molecule has 9 rings (SSSR count). The number of hydrogen-bond donors (Lipinski definition) is 0. The molecular weight excluding hydrogens is 492 g/mol. The first-order valence-electron chi connectivity index (χ1n) is 13.5. The third-order valence-corrected chi connectivity index (χ3v) is 9.89. The Morgan fingerprint density at radius 1 is 0.513 bits per heavy atom. The molecule has 0 unspecified atom stereocenters. The van der Waals surface area contributed by atoms with Crippen LogP contribution in [0, 0.1) is 0 Å². The van der Waals surface area contributed by atoms with E-state index in [1.807, 2.05) is 17.4 Å². The first-order valence-corrected chi connectivity index (χ1v) is 14.4. The van der Waals surface area contributed by atoms with E-state index in [9.17, 15) is 0 Å². The van der Waals surface area contributed by atoms with Gasteiger partial charge in [-0.3, -0.25) is 0 Å². The molecule has 1 aliphatic rings. The van der Waals surface area contributed by atoms with Crippen molar-refractivity contribution < 1.29 is 4.42 Å². The topological polar surface area (TPSA) is 13.1 Å². The quantitative estimate of drug-likeness (QED) is 0.198. The van der Waals surface area contributed by atoms with Crippen molar-refractivity contribution in [2.75, 3.05) is 0 Å². The average molecular weight is 517 g/mol. The number of thiophene rings is 1. The highest BCUT2D eigenvalue weighted by atomic mass is 32.1. The van der Waals surface area contributed by atoms with Gasteiger partial charge in [-0.15, -0.1) is 11.3 Å². The van der Waals surface area contributed by atoms with Gasteiger partial charge in [0.15, 0.2) is 0 Å². The first kappa shape index (κ1) is 21.5. The molecule has 39 heavy (non-hydrogen) atoms. The SMILES string of the molecule is CC1(C)c2ccccc2-c2cc3c(-c4csc5ccccc45)cc4cc5oc6ccccc6c5cc4c3cc21. The zero-order valence-corrected chi connectivity index (χ0v) is 22.5. The van der Waals surface area contributed by atoms with E-state index in [4.69, 9.17) is 4.42 Å². The average Bonchev–Trinajstić information content (AvgIpc) is 3.62. The summed E-state index contributed by atoms with van der Waals surface area (Å²) >= 11 is 1.82. The minimum absolute atomic E-state index is 0.0516. The van der Waals surface area contributed by atoms with Crippen LogP contribution >= 0.6 is 11.3 Å². The third kappa shape index (κ3) is 2.79. The number of fused-ring (bicyclic) bond motifs is 10. The summed E-state index contributed by atoms with van der Waals surface area (Å²) in [5.74, 6) is 0. The second kappa shape index (κ2) is 7.37. The van der Waals surface area contributed by atoms with Gasteiger partial charge >= 0.3 is 0 Å². The number of hydrogen-bond acceptors (Lipinski definition) is 2. The zero-order valence-electron chi connectivity index (χ0n) is 21.7. The molecule has 0 radical (unpaired) electrons. The van der Waals surface area contributed by atoms with Gasteiger partial charge in [0.25, 0.3) is 0 Å². The summed E-state index contributed by atoms with van der Waals surface area (Å²) in [5, 5.41) is 11.1. The molecule has 0 aliphatic heterocycles. The van der Waals surface area contributed by atoms with Gasteiger partial charge < -0.3 is 4.42 Å². The van der Waals surface area contributed by atoms with Gasteiger partial charge in [0, 0.05) is 31.8 Å². The van der Waals surface area contributed by atoms with Gasteiger partial charge in [0.1, 0.15) is 11.2 Å². The highest BCUT2D eigenvalue weighted by Gasteiger charge is 2.35. The van der Waals surface area contributed by atoms with Crippen molar-refractivity contribution in [2.45, 2.75) is 19.3 Å². The minimum atomic E-state index is -0.0516. The molecule has 0 N–H and O–H groups in total. The standard InChI is InChI=1S/C37H24OS/c1-37(2)32-12-6-3-9-22(32)29-18-27-26(31-20-39-36-14-8-5-11-24(31)36)15-21-16-35-30(17-25(21)28(27)19-33(29)37)23-10-4-7-13-34(23)38-35/h3-20H,1-2H3. The van der Waals surface area contributed by atoms with E-state index in [1.165, 1.54) is 75.8 Å². The second-order valence-corrected chi connectivity index (χ2v) is 12.3. The summed E-state index contributed by atoms with van der Waals surface area (Å²) < 4.78 is 7.65. The van der Waals surface area contributed by atoms with E-state index >= 15 is 0 Å². The lowest BCUT2D eigenvalue weighted by atomic mass is 9.81. The third-order valence-electron chi connectivity index (χ3n) is 8.92. The summed E-state index contributed by atoms with van der Waals surface area (Å²) in [4.78, 5) is 0. The molecule has 0 saturated carbocycles. The summed E-state index contributed by atoms with van der Waals surface area (Å²) in [6, 6.07) is 38.0. The van der Waals surface area contributed by atoms with E-state index in [1.54, 1.807) is 0 Å². The van der Waals surface area contributed by atoms with Crippen LogP contribution in [-0.4, -0.2) is 0 Å². The van der Waals surface area contributed by atoms with E-state index in [-0.39, 0.29) is 5.41 Å². The van der Waals surface area contributed by atoms with Gasteiger partial charge in [0.05, 0.1) is 0 Å². The van der Waals surface area contributed by atoms with E-state index in [0.717, 1.165) is 11.2 Å². The molecule has 0 bridgehead atoms. The predicted molar refractivity (Wildman–Crippen MR) is 167 cm³/mol. The van der Waals surface area contributed by atoms with E-state index < -0.39 is 0 Å². The fourth-order valence-electron chi connectivity index (χ4n) is 6.98. The number of benzene rings is 6. The van der Waals surface area contributed by atoms with Crippen LogP contribution in [0.3, 0.4) is 0 Å². The Labute approximate surface area is 229 Å². The zero-order chi connectivity index (χ0) is 25.9. The van der Waals surface area contributed by atoms with Gasteiger partial charge in [0.2, 0.25) is 0 Å². The second-order valence-electron chi connectivity index (χ2n) is 11.4. The molecule has 2 aromatic heterocycles.